The number of aliphatic carboxylic acids is 1. The van der Waals surface area contributed by atoms with Crippen LogP contribution in [0.1, 0.15) is 6.42 Å². The van der Waals surface area contributed by atoms with E-state index in [1.54, 1.807) is 24.3 Å². The lowest BCUT2D eigenvalue weighted by Crippen LogP contribution is -2.32. The third-order valence-corrected chi connectivity index (χ3v) is 2.73. The number of anilines is 1. The molecule has 2 rings (SSSR count). The van der Waals surface area contributed by atoms with Gasteiger partial charge in [0.05, 0.1) is 19.2 Å². The molecular weight excluding hydrogens is 252 g/mol. The van der Waals surface area contributed by atoms with Crippen molar-refractivity contribution in [3.8, 4) is 5.75 Å². The number of hydrogen-bond donors (Lipinski definition) is 2. The highest BCUT2D eigenvalue weighted by Gasteiger charge is 2.39. The van der Waals surface area contributed by atoms with E-state index in [0.29, 0.717) is 11.4 Å². The van der Waals surface area contributed by atoms with Gasteiger partial charge in [0.15, 0.2) is 0 Å². The number of nitrogens with one attached hydrogen (secondary N) is 1. The number of nitrogens with zero attached hydrogens (tertiary/aromatic N) is 1. The molecule has 0 bridgehead atoms. The van der Waals surface area contributed by atoms with Crippen LogP contribution in [0.4, 0.5) is 10.5 Å². The van der Waals surface area contributed by atoms with Crippen LogP contribution in [-0.2, 0) is 9.59 Å². The molecule has 7 nitrogen and oxygen atoms in total. The Balaban J connectivity index is 2.21. The van der Waals surface area contributed by atoms with E-state index in [2.05, 4.69) is 5.32 Å². The normalized spacial score (nSPS) is 18.4. The van der Waals surface area contributed by atoms with E-state index in [0.717, 1.165) is 4.90 Å². The number of imide groups is 1. The molecule has 1 aliphatic rings. The van der Waals surface area contributed by atoms with Crippen LogP contribution in [-0.4, -0.2) is 36.2 Å². The summed E-state index contributed by atoms with van der Waals surface area (Å²) in [6.45, 7) is 0. The zero-order valence-corrected chi connectivity index (χ0v) is 10.1. The summed E-state index contributed by atoms with van der Waals surface area (Å²) in [6, 6.07) is 4.69. The van der Waals surface area contributed by atoms with Crippen molar-refractivity contribution in [1.82, 2.24) is 5.32 Å². The standard InChI is InChI=1S/C12H12N2O5/c1-19-8-4-2-7(3-5-8)14-11(17)9(6-10(15)16)13-12(14)18/h2-5,9H,6H2,1H3,(H,13,18)(H,15,16)/t9-/m1/s1. The van der Waals surface area contributed by atoms with Crippen LogP contribution in [0.15, 0.2) is 24.3 Å². The van der Waals surface area contributed by atoms with Gasteiger partial charge in [-0.25, -0.2) is 9.69 Å². The minimum atomic E-state index is -1.14. The number of hydrogen-bond acceptors (Lipinski definition) is 4. The lowest BCUT2D eigenvalue weighted by molar-refractivity contribution is -0.139. The molecule has 0 radical (unpaired) electrons. The average molecular weight is 264 g/mol. The number of urea groups is 1. The van der Waals surface area contributed by atoms with Crippen molar-refractivity contribution < 1.29 is 24.2 Å². The number of benzene rings is 1. The zero-order valence-electron chi connectivity index (χ0n) is 10.1. The molecule has 1 saturated heterocycles. The van der Waals surface area contributed by atoms with Gasteiger partial charge in [-0.15, -0.1) is 0 Å². The van der Waals surface area contributed by atoms with Gasteiger partial charge in [-0.1, -0.05) is 0 Å². The summed E-state index contributed by atoms with van der Waals surface area (Å²) in [5.41, 5.74) is 0.371. The molecule has 0 aliphatic carbocycles. The smallest absolute Gasteiger partial charge is 0.329 e. The first-order valence-corrected chi connectivity index (χ1v) is 5.53. The molecule has 1 aromatic carbocycles. The molecule has 19 heavy (non-hydrogen) atoms. The summed E-state index contributed by atoms with van der Waals surface area (Å²) in [5.74, 6) is -1.12. The second kappa shape index (κ2) is 4.97. The van der Waals surface area contributed by atoms with Gasteiger partial charge >= 0.3 is 12.0 Å². The Morgan fingerprint density at radius 2 is 2.00 bits per heavy atom. The minimum Gasteiger partial charge on any atom is -0.497 e. The number of carboxylic acid groups (broad SMARTS) is 1. The Bertz CT molecular complexity index is 525. The Morgan fingerprint density at radius 1 is 1.37 bits per heavy atom. The van der Waals surface area contributed by atoms with Crippen LogP contribution in [0.3, 0.4) is 0 Å². The van der Waals surface area contributed by atoms with Crippen LogP contribution in [0.5, 0.6) is 5.75 Å². The first kappa shape index (κ1) is 12.9. The molecule has 0 saturated carbocycles. The van der Waals surface area contributed by atoms with Crippen LogP contribution in [0, 0.1) is 0 Å². The summed E-state index contributed by atoms with van der Waals surface area (Å²) in [6.07, 6.45) is -0.433. The fraction of sp³-hybridized carbons (Fsp3) is 0.250. The Hall–Kier alpha value is -2.57. The van der Waals surface area contributed by atoms with Gasteiger partial charge < -0.3 is 15.2 Å². The number of carbonyl (C=O) groups excluding carboxylic acids is 2. The van der Waals surface area contributed by atoms with Crippen LogP contribution >= 0.6 is 0 Å². The molecule has 0 unspecified atom stereocenters. The van der Waals surface area contributed by atoms with E-state index >= 15 is 0 Å². The highest BCUT2D eigenvalue weighted by Crippen LogP contribution is 2.23. The molecule has 0 spiro atoms. The van der Waals surface area contributed by atoms with E-state index in [9.17, 15) is 14.4 Å². The fourth-order valence-corrected chi connectivity index (χ4v) is 1.82. The molecule has 100 valence electrons. The molecule has 1 fully saturated rings. The molecule has 7 heteroatoms. The third kappa shape index (κ3) is 2.49. The number of rotatable bonds is 4. The first-order valence-electron chi connectivity index (χ1n) is 5.53. The molecular formula is C12H12N2O5. The molecule has 1 atom stereocenters. The van der Waals surface area contributed by atoms with E-state index in [1.165, 1.54) is 7.11 Å². The Kier molecular flexibility index (Phi) is 3.37. The average Bonchev–Trinajstić information content (AvgIpc) is 2.64. The summed E-state index contributed by atoms with van der Waals surface area (Å²) in [7, 11) is 1.51. The monoisotopic (exact) mass is 264 g/mol. The topological polar surface area (TPSA) is 95.9 Å². The largest absolute Gasteiger partial charge is 0.497 e. The van der Waals surface area contributed by atoms with Crippen molar-refractivity contribution >= 4 is 23.6 Å². The van der Waals surface area contributed by atoms with Gasteiger partial charge in [-0.2, -0.15) is 0 Å². The van der Waals surface area contributed by atoms with Crippen molar-refractivity contribution in [2.75, 3.05) is 12.0 Å². The number of carboxylic acids is 1. The quantitative estimate of drug-likeness (QED) is 0.776. The van der Waals surface area contributed by atoms with E-state index in [4.69, 9.17) is 9.84 Å². The van der Waals surface area contributed by atoms with Gasteiger partial charge in [0, 0.05) is 0 Å². The minimum absolute atomic E-state index is 0.371. The van der Waals surface area contributed by atoms with Crippen molar-refractivity contribution in [2.24, 2.45) is 0 Å². The third-order valence-electron chi connectivity index (χ3n) is 2.73. The van der Waals surface area contributed by atoms with E-state index < -0.39 is 30.4 Å². The molecule has 3 amide bonds. The van der Waals surface area contributed by atoms with Crippen molar-refractivity contribution in [2.45, 2.75) is 12.5 Å². The van der Waals surface area contributed by atoms with Gasteiger partial charge in [-0.3, -0.25) is 9.59 Å². The number of carbonyl (C=O) groups is 3. The maximum atomic E-state index is 12.0. The van der Waals surface area contributed by atoms with E-state index in [-0.39, 0.29) is 0 Å². The Morgan fingerprint density at radius 3 is 2.53 bits per heavy atom. The number of ether oxygens (including phenoxy) is 1. The zero-order chi connectivity index (χ0) is 14.0. The lowest BCUT2D eigenvalue weighted by Gasteiger charge is -2.13. The fourth-order valence-electron chi connectivity index (χ4n) is 1.82. The molecule has 2 N–H and O–H groups in total. The van der Waals surface area contributed by atoms with Gasteiger partial charge in [0.2, 0.25) is 0 Å². The summed E-state index contributed by atoms with van der Waals surface area (Å²) < 4.78 is 4.98. The summed E-state index contributed by atoms with van der Waals surface area (Å²) in [4.78, 5) is 35.2. The maximum absolute atomic E-state index is 12.0. The van der Waals surface area contributed by atoms with Crippen LogP contribution < -0.4 is 15.0 Å². The van der Waals surface area contributed by atoms with Crippen molar-refractivity contribution in [3.63, 3.8) is 0 Å². The molecule has 1 heterocycles. The van der Waals surface area contributed by atoms with Crippen LogP contribution in [0.25, 0.3) is 0 Å². The second-order valence-corrected chi connectivity index (χ2v) is 3.97. The first-order chi connectivity index (χ1) is 9.02. The Labute approximate surface area is 108 Å². The highest BCUT2D eigenvalue weighted by molar-refractivity contribution is 6.21. The maximum Gasteiger partial charge on any atom is 0.329 e. The summed E-state index contributed by atoms with van der Waals surface area (Å²) in [5, 5.41) is 11.0. The number of amides is 3. The van der Waals surface area contributed by atoms with Crippen molar-refractivity contribution in [3.05, 3.63) is 24.3 Å². The second-order valence-electron chi connectivity index (χ2n) is 3.97. The highest BCUT2D eigenvalue weighted by atomic mass is 16.5. The molecule has 1 aliphatic heterocycles. The van der Waals surface area contributed by atoms with Gasteiger partial charge in [0.25, 0.3) is 5.91 Å². The van der Waals surface area contributed by atoms with Crippen LogP contribution in [0.2, 0.25) is 0 Å². The summed E-state index contributed by atoms with van der Waals surface area (Å²) >= 11 is 0. The predicted octanol–water partition coefficient (Wildman–Crippen LogP) is 0.595. The van der Waals surface area contributed by atoms with Crippen molar-refractivity contribution in [1.29, 1.82) is 0 Å². The van der Waals surface area contributed by atoms with E-state index in [1.807, 2.05) is 0 Å². The SMILES string of the molecule is COc1ccc(N2C(=O)N[C@H](CC(=O)O)C2=O)cc1. The molecule has 1 aromatic rings. The van der Waals surface area contributed by atoms with Gasteiger partial charge in [0.1, 0.15) is 11.8 Å². The predicted molar refractivity (Wildman–Crippen MR) is 65.1 cm³/mol. The molecule has 0 aromatic heterocycles. The van der Waals surface area contributed by atoms with Gasteiger partial charge in [-0.05, 0) is 24.3 Å². The lowest BCUT2D eigenvalue weighted by atomic mass is 10.2. The number of methoxy groups -OCH3 is 1.